The van der Waals surface area contributed by atoms with Gasteiger partial charge in [0.15, 0.2) is 11.2 Å². The van der Waals surface area contributed by atoms with Crippen LogP contribution in [0.3, 0.4) is 0 Å². The van der Waals surface area contributed by atoms with Crippen molar-refractivity contribution in [2.45, 2.75) is 112 Å². The van der Waals surface area contributed by atoms with E-state index in [1.807, 2.05) is 55.4 Å². The summed E-state index contributed by atoms with van der Waals surface area (Å²) in [6.07, 6.45) is 3.19. The van der Waals surface area contributed by atoms with Gasteiger partial charge in [0.2, 0.25) is 11.8 Å². The van der Waals surface area contributed by atoms with E-state index in [1.165, 1.54) is 7.11 Å². The average Bonchev–Trinajstić information content (AvgIpc) is 3.79. The van der Waals surface area contributed by atoms with Crippen molar-refractivity contribution in [3.8, 4) is 5.88 Å². The number of fused-ring (bicyclic) bond motifs is 1. The van der Waals surface area contributed by atoms with Crippen LogP contribution < -0.4 is 10.5 Å². The first-order chi connectivity index (χ1) is 22.5. The first-order valence-electron chi connectivity index (χ1n) is 16.8. The van der Waals surface area contributed by atoms with Gasteiger partial charge in [0.05, 0.1) is 39.4 Å². The van der Waals surface area contributed by atoms with Gasteiger partial charge in [-0.1, -0.05) is 48.5 Å². The molecule has 270 valence electrons. The van der Waals surface area contributed by atoms with Crippen LogP contribution in [-0.2, 0) is 32.9 Å². The Hall–Kier alpha value is -2.84. The van der Waals surface area contributed by atoms with Crippen molar-refractivity contribution in [1.29, 1.82) is 0 Å². The quantitative estimate of drug-likeness (QED) is 0.207. The Bertz CT molecular complexity index is 1420. The van der Waals surface area contributed by atoms with Gasteiger partial charge in [-0.05, 0) is 49.9 Å². The summed E-state index contributed by atoms with van der Waals surface area (Å²) >= 11 is 0. The van der Waals surface area contributed by atoms with Crippen LogP contribution >= 0.6 is 7.67 Å². The van der Waals surface area contributed by atoms with Gasteiger partial charge in [0.1, 0.15) is 18.3 Å². The monoisotopic (exact) mass is 695 g/mol. The van der Waals surface area contributed by atoms with E-state index in [0.29, 0.717) is 56.4 Å². The summed E-state index contributed by atoms with van der Waals surface area (Å²) < 4.78 is 49.9. The molecule has 2 aromatic rings. The fraction of sp³-hybridized carbons (Fsp3) is 0.781. The van der Waals surface area contributed by atoms with Crippen LogP contribution in [0, 0.1) is 10.8 Å². The molecule has 0 spiro atoms. The number of nitrogens with two attached hydrogens (primary N) is 1. The van der Waals surface area contributed by atoms with Gasteiger partial charge in [-0.25, -0.2) is 14.3 Å². The summed E-state index contributed by atoms with van der Waals surface area (Å²) in [4.78, 5) is 39.7. The molecule has 0 aromatic carbocycles. The second-order valence-electron chi connectivity index (χ2n) is 14.9. The summed E-state index contributed by atoms with van der Waals surface area (Å²) in [7, 11) is -2.50. The Morgan fingerprint density at radius 3 is 2.00 bits per heavy atom. The molecule has 4 rings (SSSR count). The van der Waals surface area contributed by atoms with Crippen molar-refractivity contribution in [2.24, 2.45) is 10.8 Å². The maximum atomic E-state index is 15.4. The number of carbonyl (C=O) groups excluding carboxylic acids is 2. The summed E-state index contributed by atoms with van der Waals surface area (Å²) in [5.41, 5.74) is 6.32. The highest BCUT2D eigenvalue weighted by atomic mass is 31.2. The van der Waals surface area contributed by atoms with E-state index in [-0.39, 0.29) is 42.5 Å². The molecule has 0 saturated carbocycles. The third-order valence-electron chi connectivity index (χ3n) is 8.20. The number of imidazole rings is 1. The highest BCUT2D eigenvalue weighted by Crippen LogP contribution is 2.60. The van der Waals surface area contributed by atoms with E-state index >= 15 is 4.57 Å². The zero-order valence-electron chi connectivity index (χ0n) is 29.9. The maximum absolute atomic E-state index is 15.4. The molecule has 4 unspecified atom stereocenters. The van der Waals surface area contributed by atoms with Crippen LogP contribution in [0.4, 0.5) is 5.95 Å². The highest BCUT2D eigenvalue weighted by Gasteiger charge is 2.53. The molecule has 2 N–H and O–H groups in total. The Balaban J connectivity index is 1.59. The van der Waals surface area contributed by atoms with Gasteiger partial charge in [-0.15, -0.1) is 0 Å². The molecule has 4 heterocycles. The first kappa shape index (κ1) is 38.0. The van der Waals surface area contributed by atoms with E-state index in [2.05, 4.69) is 15.0 Å². The molecule has 48 heavy (non-hydrogen) atoms. The molecule has 2 aromatic heterocycles. The fourth-order valence-corrected chi connectivity index (χ4v) is 8.61. The number of hydrogen-bond acceptors (Lipinski definition) is 12. The number of ether oxygens (including phenoxy) is 4. The molecule has 2 aliphatic rings. The van der Waals surface area contributed by atoms with Crippen molar-refractivity contribution in [3.05, 3.63) is 6.33 Å². The van der Waals surface area contributed by atoms with Crippen LogP contribution in [0.5, 0.6) is 5.88 Å². The lowest BCUT2D eigenvalue weighted by Gasteiger charge is -2.39. The molecular formula is C32H54N7O8P. The number of nitrogens with zero attached hydrogens (tertiary/aromatic N) is 6. The standard InChI is InChI=1S/C32H54N7O8P/c1-10-22(47-21(2)37-20-34-25-26(37)35-30(33)36-27(25)43-9)17-46-48(42,38-15-11-13-23(38)28(40)44-18-31(3,4)5)39-16-12-14-24(39)29(41)45-19-32(6,7)8/h20-24H,10-19H2,1-9H3,(H2,33,35,36). The molecule has 2 fully saturated rings. The second kappa shape index (κ2) is 15.4. The lowest BCUT2D eigenvalue weighted by atomic mass is 9.99. The number of rotatable bonds is 14. The second-order valence-corrected chi connectivity index (χ2v) is 17.2. The number of aromatic nitrogens is 4. The van der Waals surface area contributed by atoms with Gasteiger partial charge >= 0.3 is 19.6 Å². The minimum absolute atomic E-state index is 0.0343. The minimum Gasteiger partial charge on any atom is -0.479 e. The Labute approximate surface area is 283 Å². The van der Waals surface area contributed by atoms with Crippen LogP contribution in [0.2, 0.25) is 0 Å². The normalized spacial score (nSPS) is 22.0. The molecular weight excluding hydrogens is 641 g/mol. The predicted molar refractivity (Wildman–Crippen MR) is 180 cm³/mol. The van der Waals surface area contributed by atoms with Crippen molar-refractivity contribution < 1.29 is 37.6 Å². The molecule has 2 aliphatic heterocycles. The molecule has 0 aliphatic carbocycles. The topological polar surface area (TPSA) is 173 Å². The molecule has 4 atom stereocenters. The number of esters is 2. The van der Waals surface area contributed by atoms with Crippen LogP contribution in [0.15, 0.2) is 6.33 Å². The van der Waals surface area contributed by atoms with Crippen LogP contribution in [-0.4, -0.2) is 99.0 Å². The zero-order chi connectivity index (χ0) is 35.4. The van der Waals surface area contributed by atoms with Crippen LogP contribution in [0.1, 0.15) is 93.7 Å². The fourth-order valence-electron chi connectivity index (χ4n) is 5.74. The lowest BCUT2D eigenvalue weighted by Crippen LogP contribution is -2.45. The van der Waals surface area contributed by atoms with Crippen molar-refractivity contribution in [3.63, 3.8) is 0 Å². The maximum Gasteiger partial charge on any atom is 0.347 e. The Morgan fingerprint density at radius 2 is 1.52 bits per heavy atom. The number of nitrogen functional groups attached to an aromatic ring is 1. The Kier molecular flexibility index (Phi) is 12.2. The average molecular weight is 696 g/mol. The lowest BCUT2D eigenvalue weighted by molar-refractivity contribution is -0.150. The van der Waals surface area contributed by atoms with Gasteiger partial charge in [-0.2, -0.15) is 9.97 Å². The van der Waals surface area contributed by atoms with Gasteiger partial charge in [-0.3, -0.25) is 18.7 Å². The number of methoxy groups -OCH3 is 1. The zero-order valence-corrected chi connectivity index (χ0v) is 30.8. The summed E-state index contributed by atoms with van der Waals surface area (Å²) in [5, 5.41) is 0. The molecule has 2 saturated heterocycles. The van der Waals surface area contributed by atoms with E-state index in [4.69, 9.17) is 29.2 Å². The smallest absolute Gasteiger partial charge is 0.347 e. The largest absolute Gasteiger partial charge is 0.479 e. The number of hydrogen-bond donors (Lipinski definition) is 1. The minimum atomic E-state index is -3.98. The number of carbonyl (C=O) groups is 2. The predicted octanol–water partition coefficient (Wildman–Crippen LogP) is 4.96. The van der Waals surface area contributed by atoms with E-state index in [1.54, 1.807) is 20.2 Å². The Morgan fingerprint density at radius 1 is 0.979 bits per heavy atom. The van der Waals surface area contributed by atoms with Gasteiger partial charge < -0.3 is 29.2 Å². The SMILES string of the molecule is CCC(COP(=O)(N1CCCC1C(=O)OCC(C)(C)C)N1CCCC1C(=O)OCC(C)(C)C)OC(C)n1cnc2c(OC)nc(N)nc21. The molecule has 16 heteroatoms. The van der Waals surface area contributed by atoms with E-state index < -0.39 is 44.0 Å². The summed E-state index contributed by atoms with van der Waals surface area (Å²) in [5.74, 6) is -0.607. The third kappa shape index (κ3) is 9.03. The van der Waals surface area contributed by atoms with E-state index in [0.717, 1.165) is 0 Å². The van der Waals surface area contributed by atoms with Crippen LogP contribution in [0.25, 0.3) is 11.2 Å². The van der Waals surface area contributed by atoms with Crippen molar-refractivity contribution >= 4 is 36.7 Å². The van der Waals surface area contributed by atoms with Crippen molar-refractivity contribution in [1.82, 2.24) is 28.9 Å². The molecule has 0 amide bonds. The number of anilines is 1. The van der Waals surface area contributed by atoms with Gasteiger partial charge in [0, 0.05) is 13.1 Å². The van der Waals surface area contributed by atoms with E-state index in [9.17, 15) is 9.59 Å². The third-order valence-corrected chi connectivity index (χ3v) is 10.9. The first-order valence-corrected chi connectivity index (χ1v) is 18.3. The molecule has 0 radical (unpaired) electrons. The van der Waals surface area contributed by atoms with Gasteiger partial charge in [0.25, 0.3) is 0 Å². The highest BCUT2D eigenvalue weighted by molar-refractivity contribution is 7.54. The van der Waals surface area contributed by atoms with Crippen molar-refractivity contribution in [2.75, 3.05) is 45.8 Å². The summed E-state index contributed by atoms with van der Waals surface area (Å²) in [6, 6.07) is -1.55. The molecule has 0 bridgehead atoms. The summed E-state index contributed by atoms with van der Waals surface area (Å²) in [6.45, 7) is 16.7. The molecule has 15 nitrogen and oxygen atoms in total.